The molecule has 14 heavy (non-hydrogen) atoms. The van der Waals surface area contributed by atoms with Crippen LogP contribution in [-0.4, -0.2) is 17.0 Å². The first kappa shape index (κ1) is 8.96. The van der Waals surface area contributed by atoms with E-state index in [2.05, 4.69) is 20.6 Å². The molecule has 0 saturated carbocycles. The second-order valence-corrected chi connectivity index (χ2v) is 3.46. The van der Waals surface area contributed by atoms with E-state index in [1.165, 1.54) is 0 Å². The monoisotopic (exact) mass is 206 g/mol. The summed E-state index contributed by atoms with van der Waals surface area (Å²) in [6.45, 7) is 0. The molecule has 0 atom stereocenters. The Labute approximate surface area is 86.0 Å². The Morgan fingerprint density at radius 2 is 2.14 bits per heavy atom. The summed E-state index contributed by atoms with van der Waals surface area (Å²) in [5.41, 5.74) is 1.04. The molecule has 0 unspecified atom stereocenters. The average Bonchev–Trinajstić information content (AvgIpc) is 2.71. The molecule has 2 N–H and O–H groups in total. The standard InChI is InChI=1S/C9H10N4S/c1-10-8-4-11-5-9(13-8)12-7-2-3-14-6-7/h2-6H,1H3,(H2,10,12,13). The molecule has 0 aliphatic rings. The van der Waals surface area contributed by atoms with E-state index in [9.17, 15) is 0 Å². The summed E-state index contributed by atoms with van der Waals surface area (Å²) in [6.07, 6.45) is 3.37. The molecule has 0 radical (unpaired) electrons. The third kappa shape index (κ3) is 2.00. The van der Waals surface area contributed by atoms with Gasteiger partial charge in [-0.25, -0.2) is 4.98 Å². The number of hydrogen-bond acceptors (Lipinski definition) is 5. The van der Waals surface area contributed by atoms with Crippen molar-refractivity contribution < 1.29 is 0 Å². The highest BCUT2D eigenvalue weighted by molar-refractivity contribution is 7.08. The van der Waals surface area contributed by atoms with Crippen LogP contribution in [0.1, 0.15) is 0 Å². The van der Waals surface area contributed by atoms with Crippen LogP contribution in [0.5, 0.6) is 0 Å². The van der Waals surface area contributed by atoms with Crippen molar-refractivity contribution in [3.8, 4) is 0 Å². The highest BCUT2D eigenvalue weighted by Crippen LogP contribution is 2.17. The minimum Gasteiger partial charge on any atom is -0.372 e. The van der Waals surface area contributed by atoms with E-state index in [0.717, 1.165) is 17.3 Å². The average molecular weight is 206 g/mol. The van der Waals surface area contributed by atoms with Crippen molar-refractivity contribution in [2.75, 3.05) is 17.7 Å². The van der Waals surface area contributed by atoms with Crippen LogP contribution in [-0.2, 0) is 0 Å². The van der Waals surface area contributed by atoms with Crippen LogP contribution in [0, 0.1) is 0 Å². The topological polar surface area (TPSA) is 49.8 Å². The van der Waals surface area contributed by atoms with Crippen LogP contribution in [0.4, 0.5) is 17.3 Å². The molecule has 0 amide bonds. The Hall–Kier alpha value is -1.62. The quantitative estimate of drug-likeness (QED) is 0.809. The van der Waals surface area contributed by atoms with Crippen molar-refractivity contribution in [3.05, 3.63) is 29.2 Å². The van der Waals surface area contributed by atoms with Gasteiger partial charge in [-0.1, -0.05) is 0 Å². The fraction of sp³-hybridized carbons (Fsp3) is 0.111. The van der Waals surface area contributed by atoms with E-state index in [-0.39, 0.29) is 0 Å². The maximum absolute atomic E-state index is 4.29. The van der Waals surface area contributed by atoms with Crippen molar-refractivity contribution in [1.29, 1.82) is 0 Å². The van der Waals surface area contributed by atoms with Crippen LogP contribution in [0.15, 0.2) is 29.2 Å². The van der Waals surface area contributed by atoms with E-state index in [4.69, 9.17) is 0 Å². The lowest BCUT2D eigenvalue weighted by atomic mass is 10.5. The summed E-state index contributed by atoms with van der Waals surface area (Å²) >= 11 is 1.64. The zero-order valence-electron chi connectivity index (χ0n) is 7.69. The predicted molar refractivity (Wildman–Crippen MR) is 59.2 cm³/mol. The van der Waals surface area contributed by atoms with Crippen LogP contribution < -0.4 is 10.6 Å². The van der Waals surface area contributed by atoms with Gasteiger partial charge < -0.3 is 10.6 Å². The van der Waals surface area contributed by atoms with Gasteiger partial charge in [0.15, 0.2) is 5.82 Å². The molecule has 5 heteroatoms. The van der Waals surface area contributed by atoms with Gasteiger partial charge in [0.1, 0.15) is 5.82 Å². The molecule has 4 nitrogen and oxygen atoms in total. The van der Waals surface area contributed by atoms with E-state index >= 15 is 0 Å². The smallest absolute Gasteiger partial charge is 0.151 e. The zero-order chi connectivity index (χ0) is 9.80. The van der Waals surface area contributed by atoms with Gasteiger partial charge in [0.25, 0.3) is 0 Å². The first-order chi connectivity index (χ1) is 6.88. The van der Waals surface area contributed by atoms with Crippen molar-refractivity contribution >= 4 is 28.7 Å². The van der Waals surface area contributed by atoms with Gasteiger partial charge in [0.2, 0.25) is 0 Å². The highest BCUT2D eigenvalue weighted by atomic mass is 32.1. The van der Waals surface area contributed by atoms with Crippen LogP contribution in [0.3, 0.4) is 0 Å². The summed E-state index contributed by atoms with van der Waals surface area (Å²) < 4.78 is 0. The van der Waals surface area contributed by atoms with E-state index in [0.29, 0.717) is 0 Å². The van der Waals surface area contributed by atoms with Crippen LogP contribution >= 0.6 is 11.3 Å². The van der Waals surface area contributed by atoms with Crippen LogP contribution in [0.25, 0.3) is 0 Å². The van der Waals surface area contributed by atoms with E-state index in [1.54, 1.807) is 23.7 Å². The van der Waals surface area contributed by atoms with Crippen molar-refractivity contribution in [2.24, 2.45) is 0 Å². The number of anilines is 3. The summed E-state index contributed by atoms with van der Waals surface area (Å²) in [5.74, 6) is 1.50. The molecular formula is C9H10N4S. The molecular weight excluding hydrogens is 196 g/mol. The second kappa shape index (κ2) is 4.06. The number of nitrogens with one attached hydrogen (secondary N) is 2. The molecule has 0 aromatic carbocycles. The molecule has 0 spiro atoms. The molecule has 0 bridgehead atoms. The molecule has 0 aliphatic carbocycles. The molecule has 0 saturated heterocycles. The molecule has 0 fully saturated rings. The summed E-state index contributed by atoms with van der Waals surface area (Å²) in [5, 5.41) is 10.1. The second-order valence-electron chi connectivity index (χ2n) is 2.68. The van der Waals surface area contributed by atoms with Crippen molar-refractivity contribution in [1.82, 2.24) is 9.97 Å². The van der Waals surface area contributed by atoms with Crippen LogP contribution in [0.2, 0.25) is 0 Å². The van der Waals surface area contributed by atoms with Gasteiger partial charge in [-0.3, -0.25) is 4.98 Å². The molecule has 0 aliphatic heterocycles. The van der Waals surface area contributed by atoms with Gasteiger partial charge in [0, 0.05) is 12.4 Å². The molecule has 72 valence electrons. The Bertz CT molecular complexity index is 399. The number of thiophene rings is 1. The van der Waals surface area contributed by atoms with Crippen molar-refractivity contribution in [2.45, 2.75) is 0 Å². The summed E-state index contributed by atoms with van der Waals surface area (Å²) in [4.78, 5) is 8.34. The number of rotatable bonds is 3. The first-order valence-corrected chi connectivity index (χ1v) is 5.12. The van der Waals surface area contributed by atoms with Gasteiger partial charge in [-0.2, -0.15) is 11.3 Å². The van der Waals surface area contributed by atoms with Gasteiger partial charge in [-0.15, -0.1) is 0 Å². The van der Waals surface area contributed by atoms with E-state index in [1.807, 2.05) is 23.9 Å². The molecule has 2 aromatic rings. The van der Waals surface area contributed by atoms with Gasteiger partial charge >= 0.3 is 0 Å². The first-order valence-electron chi connectivity index (χ1n) is 4.17. The van der Waals surface area contributed by atoms with Gasteiger partial charge in [0.05, 0.1) is 18.1 Å². The Morgan fingerprint density at radius 3 is 2.86 bits per heavy atom. The molecule has 2 aromatic heterocycles. The fourth-order valence-electron chi connectivity index (χ4n) is 1.03. The minimum atomic E-state index is 0.746. The number of hydrogen-bond donors (Lipinski definition) is 2. The Balaban J connectivity index is 2.17. The predicted octanol–water partition coefficient (Wildman–Crippen LogP) is 2.32. The fourth-order valence-corrected chi connectivity index (χ4v) is 1.62. The third-order valence-electron chi connectivity index (χ3n) is 1.68. The minimum absolute atomic E-state index is 0.746. The summed E-state index contributed by atoms with van der Waals surface area (Å²) in [6, 6.07) is 2.00. The van der Waals surface area contributed by atoms with Crippen molar-refractivity contribution in [3.63, 3.8) is 0 Å². The SMILES string of the molecule is CNc1cncc(Nc2ccsc2)n1. The Morgan fingerprint density at radius 1 is 1.29 bits per heavy atom. The maximum Gasteiger partial charge on any atom is 0.151 e. The van der Waals surface area contributed by atoms with Gasteiger partial charge in [-0.05, 0) is 11.4 Å². The normalized spacial score (nSPS) is 9.79. The largest absolute Gasteiger partial charge is 0.372 e. The highest BCUT2D eigenvalue weighted by Gasteiger charge is 1.97. The lowest BCUT2D eigenvalue weighted by Gasteiger charge is -2.03. The maximum atomic E-state index is 4.29. The lowest BCUT2D eigenvalue weighted by molar-refractivity contribution is 1.19. The van der Waals surface area contributed by atoms with E-state index < -0.39 is 0 Å². The lowest BCUT2D eigenvalue weighted by Crippen LogP contribution is -1.97. The number of aromatic nitrogens is 2. The zero-order valence-corrected chi connectivity index (χ0v) is 8.51. The number of nitrogens with zero attached hydrogens (tertiary/aromatic N) is 2. The summed E-state index contributed by atoms with van der Waals surface area (Å²) in [7, 11) is 1.82. The Kier molecular flexibility index (Phi) is 2.60. The molecule has 2 heterocycles. The third-order valence-corrected chi connectivity index (χ3v) is 2.37. The molecule has 2 rings (SSSR count).